The third-order valence-electron chi connectivity index (χ3n) is 9.44. The molecule has 0 saturated heterocycles. The number of aliphatic hydroxyl groups excluding tert-OH is 4. The summed E-state index contributed by atoms with van der Waals surface area (Å²) < 4.78 is 5.63. The molecule has 8 atom stereocenters. The lowest BCUT2D eigenvalue weighted by Crippen LogP contribution is -2.45. The first kappa shape index (κ1) is 29.5. The Kier molecular flexibility index (Phi) is 10.0. The van der Waals surface area contributed by atoms with Crippen LogP contribution in [0.25, 0.3) is 0 Å². The Labute approximate surface area is 217 Å². The Morgan fingerprint density at radius 3 is 2.58 bits per heavy atom. The van der Waals surface area contributed by atoms with Crippen molar-refractivity contribution < 1.29 is 30.3 Å². The van der Waals surface area contributed by atoms with Gasteiger partial charge in [-0.2, -0.15) is 0 Å². The Bertz CT molecular complexity index is 811. The lowest BCUT2D eigenvalue weighted by atomic mass is 9.60. The highest BCUT2D eigenvalue weighted by Crippen LogP contribution is 2.60. The van der Waals surface area contributed by atoms with Gasteiger partial charge in [-0.25, -0.2) is 0 Å². The molecular weight excluding hydrogens is 456 g/mol. The molecule has 0 aromatic rings. The van der Waals surface area contributed by atoms with E-state index in [1.165, 1.54) is 24.8 Å². The molecule has 3 fully saturated rings. The second kappa shape index (κ2) is 12.2. The molecule has 3 aliphatic carbocycles. The van der Waals surface area contributed by atoms with Gasteiger partial charge in [0, 0.05) is 19.6 Å². The molecule has 0 aromatic heterocycles. The van der Waals surface area contributed by atoms with Gasteiger partial charge >= 0.3 is 0 Å². The fourth-order valence-corrected chi connectivity index (χ4v) is 7.13. The molecule has 0 amide bonds. The normalized spacial score (nSPS) is 37.4. The fourth-order valence-electron chi connectivity index (χ4n) is 7.13. The molecule has 0 bridgehead atoms. The van der Waals surface area contributed by atoms with E-state index in [2.05, 4.69) is 32.6 Å². The van der Waals surface area contributed by atoms with Gasteiger partial charge < -0.3 is 30.3 Å². The second-order valence-corrected chi connectivity index (χ2v) is 12.4. The Morgan fingerprint density at radius 2 is 1.92 bits per heavy atom. The minimum Gasteiger partial charge on any atom is -0.396 e. The molecule has 0 heterocycles. The molecule has 6 nitrogen and oxygen atoms in total. The average Bonchev–Trinajstić information content (AvgIpc) is 3.17. The van der Waals surface area contributed by atoms with Crippen LogP contribution < -0.4 is 0 Å². The maximum Gasteiger partial charge on any atom is 0.114 e. The van der Waals surface area contributed by atoms with Crippen LogP contribution in [0.15, 0.2) is 35.5 Å². The summed E-state index contributed by atoms with van der Waals surface area (Å²) in [7, 11) is 0. The summed E-state index contributed by atoms with van der Waals surface area (Å²) in [6.45, 7) is 12.5. The number of aliphatic hydroxyl groups is 5. The summed E-state index contributed by atoms with van der Waals surface area (Å²) in [6.07, 6.45) is 9.31. The van der Waals surface area contributed by atoms with Gasteiger partial charge in [-0.05, 0) is 99.5 Å². The van der Waals surface area contributed by atoms with E-state index in [4.69, 9.17) is 9.84 Å². The van der Waals surface area contributed by atoms with Crippen LogP contribution in [0.1, 0.15) is 85.5 Å². The summed E-state index contributed by atoms with van der Waals surface area (Å²) >= 11 is 0. The van der Waals surface area contributed by atoms with Crippen molar-refractivity contribution in [3.8, 4) is 0 Å². The molecule has 0 aromatic carbocycles. The van der Waals surface area contributed by atoms with Crippen LogP contribution in [0.2, 0.25) is 0 Å². The van der Waals surface area contributed by atoms with E-state index in [1.807, 2.05) is 0 Å². The number of ether oxygens (including phenoxy) is 1. The highest BCUT2D eigenvalue weighted by Gasteiger charge is 2.50. The Balaban J connectivity index is 1.68. The molecule has 0 radical (unpaired) electrons. The molecule has 0 spiro atoms. The van der Waals surface area contributed by atoms with Crippen molar-refractivity contribution in [2.24, 2.45) is 23.2 Å². The Hall–Kier alpha value is -1.02. The number of rotatable bonds is 10. The summed E-state index contributed by atoms with van der Waals surface area (Å²) in [5.74, 6) is 1.61. The quantitative estimate of drug-likeness (QED) is 0.286. The highest BCUT2D eigenvalue weighted by molar-refractivity contribution is 5.40. The molecule has 3 rings (SSSR count). The fraction of sp³-hybridized carbons (Fsp3) is 0.800. The third kappa shape index (κ3) is 6.51. The maximum absolute atomic E-state index is 10.7. The minimum atomic E-state index is -1.06. The number of hydrogen-bond donors (Lipinski definition) is 5. The van der Waals surface area contributed by atoms with Crippen molar-refractivity contribution in [2.45, 2.75) is 115 Å². The van der Waals surface area contributed by atoms with E-state index in [0.717, 1.165) is 24.8 Å². The van der Waals surface area contributed by atoms with E-state index in [1.54, 1.807) is 13.8 Å². The van der Waals surface area contributed by atoms with Gasteiger partial charge in [0.15, 0.2) is 0 Å². The van der Waals surface area contributed by atoms with Gasteiger partial charge in [-0.3, -0.25) is 0 Å². The van der Waals surface area contributed by atoms with Crippen molar-refractivity contribution in [3.63, 3.8) is 0 Å². The minimum absolute atomic E-state index is 0.0150. The standard InChI is InChI=1S/C30H50O6/c1-19(9-14-26(33)29(3,4)35)23-12-13-24-21(8-6-15-30(23,24)5)10-11-22-18-25(32)28(27(34)20(22)2)36-17-7-16-31/h10-11,19,23-28,31-35H,2,6-9,12-18H2,1,3-5H3/t19-,23-,24+,25-,26-,27-,28-,30-/m1/s1. The van der Waals surface area contributed by atoms with Crippen LogP contribution >= 0.6 is 0 Å². The van der Waals surface area contributed by atoms with Crippen molar-refractivity contribution in [3.05, 3.63) is 35.5 Å². The zero-order valence-corrected chi connectivity index (χ0v) is 22.8. The molecule has 206 valence electrons. The molecule has 3 saturated carbocycles. The van der Waals surface area contributed by atoms with Crippen LogP contribution in [0.3, 0.4) is 0 Å². The largest absolute Gasteiger partial charge is 0.396 e. The van der Waals surface area contributed by atoms with Gasteiger partial charge in [-0.1, -0.05) is 38.2 Å². The zero-order valence-electron chi connectivity index (χ0n) is 22.8. The highest BCUT2D eigenvalue weighted by atomic mass is 16.5. The number of fused-ring (bicyclic) bond motifs is 1. The zero-order chi connectivity index (χ0) is 26.7. The summed E-state index contributed by atoms with van der Waals surface area (Å²) in [6, 6.07) is 0. The number of hydrogen-bond acceptors (Lipinski definition) is 6. The van der Waals surface area contributed by atoms with E-state index in [0.29, 0.717) is 49.2 Å². The van der Waals surface area contributed by atoms with Crippen molar-refractivity contribution in [1.82, 2.24) is 0 Å². The Morgan fingerprint density at radius 1 is 1.19 bits per heavy atom. The molecule has 5 N–H and O–H groups in total. The first-order chi connectivity index (χ1) is 16.9. The van der Waals surface area contributed by atoms with Crippen LogP contribution in [0, 0.1) is 23.2 Å². The van der Waals surface area contributed by atoms with Gasteiger partial charge in [-0.15, -0.1) is 0 Å². The molecule has 0 aliphatic heterocycles. The summed E-state index contributed by atoms with van der Waals surface area (Å²) in [5, 5.41) is 50.7. The average molecular weight is 507 g/mol. The van der Waals surface area contributed by atoms with Crippen LogP contribution in [-0.4, -0.2) is 68.8 Å². The van der Waals surface area contributed by atoms with Crippen LogP contribution in [-0.2, 0) is 4.74 Å². The molecule has 6 heteroatoms. The van der Waals surface area contributed by atoms with E-state index in [-0.39, 0.29) is 12.0 Å². The van der Waals surface area contributed by atoms with Gasteiger partial charge in [0.1, 0.15) is 12.2 Å². The molecule has 0 unspecified atom stereocenters. The SMILES string of the molecule is C=C1C(=CC=C2CCC[C@]3(C)[C@@H]([C@H](C)CC[C@@H](O)C(C)(C)O)CC[C@@H]23)C[C@@H](O)[C@@H](OCCCO)[C@@H]1O. The lowest BCUT2D eigenvalue weighted by molar-refractivity contribution is -0.0968. The monoisotopic (exact) mass is 506 g/mol. The van der Waals surface area contributed by atoms with Gasteiger partial charge in [0.2, 0.25) is 0 Å². The number of allylic oxidation sites excluding steroid dienone is 3. The lowest BCUT2D eigenvalue weighted by Gasteiger charge is -2.44. The molecule has 36 heavy (non-hydrogen) atoms. The van der Waals surface area contributed by atoms with E-state index in [9.17, 15) is 20.4 Å². The molecular formula is C30H50O6. The summed E-state index contributed by atoms with van der Waals surface area (Å²) in [5.41, 5.74) is 2.11. The smallest absolute Gasteiger partial charge is 0.114 e. The summed E-state index contributed by atoms with van der Waals surface area (Å²) in [4.78, 5) is 0. The first-order valence-electron chi connectivity index (χ1n) is 14.0. The van der Waals surface area contributed by atoms with E-state index < -0.39 is 30.0 Å². The maximum atomic E-state index is 10.7. The van der Waals surface area contributed by atoms with E-state index >= 15 is 0 Å². The van der Waals surface area contributed by atoms with Crippen LogP contribution in [0.5, 0.6) is 0 Å². The van der Waals surface area contributed by atoms with Crippen LogP contribution in [0.4, 0.5) is 0 Å². The molecule has 3 aliphatic rings. The van der Waals surface area contributed by atoms with Crippen molar-refractivity contribution in [2.75, 3.05) is 13.2 Å². The van der Waals surface area contributed by atoms with Crippen molar-refractivity contribution >= 4 is 0 Å². The predicted octanol–water partition coefficient (Wildman–Crippen LogP) is 4.05. The van der Waals surface area contributed by atoms with Gasteiger partial charge in [0.05, 0.1) is 17.8 Å². The first-order valence-corrected chi connectivity index (χ1v) is 14.0. The second-order valence-electron chi connectivity index (χ2n) is 12.4. The van der Waals surface area contributed by atoms with Gasteiger partial charge in [0.25, 0.3) is 0 Å². The van der Waals surface area contributed by atoms with Crippen molar-refractivity contribution in [1.29, 1.82) is 0 Å². The topological polar surface area (TPSA) is 110 Å². The predicted molar refractivity (Wildman–Crippen MR) is 142 cm³/mol. The third-order valence-corrected chi connectivity index (χ3v) is 9.44.